The molecule has 0 aliphatic carbocycles. The Kier molecular flexibility index (Phi) is 4.78. The summed E-state index contributed by atoms with van der Waals surface area (Å²) in [6, 6.07) is 28.2. The van der Waals surface area contributed by atoms with Crippen LogP contribution in [0.15, 0.2) is 85.4 Å². The van der Waals surface area contributed by atoms with E-state index < -0.39 is 0 Å². The van der Waals surface area contributed by atoms with Crippen molar-refractivity contribution >= 4 is 27.4 Å². The smallest absolute Gasteiger partial charge is 0.0570 e. The van der Waals surface area contributed by atoms with Gasteiger partial charge >= 0.3 is 0 Å². The molecular weight excluding hydrogens is 376 g/mol. The van der Waals surface area contributed by atoms with Gasteiger partial charge in [-0.3, -0.25) is 0 Å². The molecule has 0 fully saturated rings. The highest BCUT2D eigenvalue weighted by Gasteiger charge is 2.24. The molecule has 0 aliphatic rings. The molecule has 2 heteroatoms. The fourth-order valence-electron chi connectivity index (χ4n) is 5.18. The van der Waals surface area contributed by atoms with Crippen LogP contribution in [0.4, 0.5) is 0 Å². The van der Waals surface area contributed by atoms with E-state index in [1.807, 2.05) is 0 Å². The summed E-state index contributed by atoms with van der Waals surface area (Å²) in [5.74, 6) is 0. The lowest BCUT2D eigenvalue weighted by Crippen LogP contribution is -2.00. The average molecular weight is 405 g/mol. The van der Waals surface area contributed by atoms with Crippen LogP contribution >= 0.6 is 0 Å². The van der Waals surface area contributed by atoms with Gasteiger partial charge in [0.05, 0.1) is 5.69 Å². The normalized spacial score (nSPS) is 11.5. The molecule has 0 N–H and O–H groups in total. The lowest BCUT2D eigenvalue weighted by molar-refractivity contribution is 0.768. The molecule has 2 heterocycles. The Balaban J connectivity index is 1.88. The van der Waals surface area contributed by atoms with E-state index in [0.717, 1.165) is 18.7 Å². The van der Waals surface area contributed by atoms with Crippen molar-refractivity contribution in [1.82, 2.24) is 9.13 Å². The van der Waals surface area contributed by atoms with Crippen molar-refractivity contribution in [3.8, 4) is 11.3 Å². The molecule has 0 saturated heterocycles. The van der Waals surface area contributed by atoms with E-state index in [0.29, 0.717) is 0 Å². The molecule has 154 valence electrons. The van der Waals surface area contributed by atoms with Crippen molar-refractivity contribution in [2.75, 3.05) is 0 Å². The largest absolute Gasteiger partial charge is 0.345 e. The van der Waals surface area contributed by atoms with Crippen LogP contribution in [0, 0.1) is 6.92 Å². The van der Waals surface area contributed by atoms with Crippen molar-refractivity contribution in [3.05, 3.63) is 102 Å². The van der Waals surface area contributed by atoms with E-state index in [9.17, 15) is 0 Å². The summed E-state index contributed by atoms with van der Waals surface area (Å²) in [4.78, 5) is 0. The predicted octanol–water partition coefficient (Wildman–Crippen LogP) is 7.67. The molecule has 0 spiro atoms. The van der Waals surface area contributed by atoms with Gasteiger partial charge in [0.2, 0.25) is 0 Å². The SMILES string of the molecule is C=C(c1c(C)n(CC)c2ccccc12)c1c(-c2ccccc2)n(CC)c2ccccc12. The first kappa shape index (κ1) is 19.4. The highest BCUT2D eigenvalue weighted by atomic mass is 15.0. The number of hydrogen-bond donors (Lipinski definition) is 0. The number of hydrogen-bond acceptors (Lipinski definition) is 0. The third kappa shape index (κ3) is 2.86. The maximum absolute atomic E-state index is 4.71. The van der Waals surface area contributed by atoms with Crippen molar-refractivity contribution in [2.24, 2.45) is 0 Å². The zero-order valence-corrected chi connectivity index (χ0v) is 18.5. The number of benzene rings is 3. The molecule has 0 aliphatic heterocycles. The molecule has 5 rings (SSSR count). The first-order valence-corrected chi connectivity index (χ1v) is 11.1. The van der Waals surface area contributed by atoms with Gasteiger partial charge in [-0.15, -0.1) is 0 Å². The van der Waals surface area contributed by atoms with Gasteiger partial charge in [-0.25, -0.2) is 0 Å². The summed E-state index contributed by atoms with van der Waals surface area (Å²) in [7, 11) is 0. The van der Waals surface area contributed by atoms with E-state index in [-0.39, 0.29) is 0 Å². The van der Waals surface area contributed by atoms with Gasteiger partial charge in [0.15, 0.2) is 0 Å². The Labute approximate surface area is 184 Å². The number of para-hydroxylation sites is 2. The van der Waals surface area contributed by atoms with Crippen LogP contribution < -0.4 is 0 Å². The maximum Gasteiger partial charge on any atom is 0.0570 e. The topological polar surface area (TPSA) is 9.86 Å². The number of aromatic nitrogens is 2. The van der Waals surface area contributed by atoms with Crippen molar-refractivity contribution < 1.29 is 0 Å². The molecule has 0 unspecified atom stereocenters. The molecule has 5 aromatic rings. The molecule has 0 bridgehead atoms. The van der Waals surface area contributed by atoms with Crippen LogP contribution in [0.25, 0.3) is 38.6 Å². The minimum atomic E-state index is 0.910. The standard InChI is InChI=1S/C29H28N2/c1-5-30-21(4)27(23-16-10-12-18-25(23)30)20(3)28-24-17-11-13-19-26(24)31(6-2)29(28)22-14-8-7-9-15-22/h7-19H,3,5-6H2,1-2,4H3. The first-order valence-electron chi connectivity index (χ1n) is 11.1. The predicted molar refractivity (Wildman–Crippen MR) is 134 cm³/mol. The van der Waals surface area contributed by atoms with Gasteiger partial charge in [0.1, 0.15) is 0 Å². The van der Waals surface area contributed by atoms with Gasteiger partial charge in [0, 0.05) is 51.7 Å². The Bertz CT molecular complexity index is 1410. The molecule has 2 nitrogen and oxygen atoms in total. The van der Waals surface area contributed by atoms with Crippen LogP contribution in [-0.4, -0.2) is 9.13 Å². The third-order valence-electron chi connectivity index (χ3n) is 6.49. The highest BCUT2D eigenvalue weighted by Crippen LogP contribution is 2.43. The van der Waals surface area contributed by atoms with Gasteiger partial charge < -0.3 is 9.13 Å². The lowest BCUT2D eigenvalue weighted by Gasteiger charge is -2.13. The molecule has 0 amide bonds. The van der Waals surface area contributed by atoms with Crippen LogP contribution in [0.2, 0.25) is 0 Å². The minimum absolute atomic E-state index is 0.910. The molecule has 0 radical (unpaired) electrons. The zero-order valence-electron chi connectivity index (χ0n) is 18.5. The quantitative estimate of drug-likeness (QED) is 0.284. The molecule has 2 aromatic heterocycles. The van der Waals surface area contributed by atoms with E-state index in [2.05, 4.69) is 109 Å². The van der Waals surface area contributed by atoms with Gasteiger partial charge in [0.25, 0.3) is 0 Å². The fourth-order valence-corrected chi connectivity index (χ4v) is 5.18. The van der Waals surface area contributed by atoms with Gasteiger partial charge in [-0.2, -0.15) is 0 Å². The zero-order chi connectivity index (χ0) is 21.5. The van der Waals surface area contributed by atoms with E-state index in [4.69, 9.17) is 6.58 Å². The Morgan fingerprint density at radius 3 is 1.81 bits per heavy atom. The fraction of sp³-hybridized carbons (Fsp3) is 0.172. The molecule has 3 aromatic carbocycles. The lowest BCUT2D eigenvalue weighted by atomic mass is 9.92. The molecule has 0 atom stereocenters. The monoisotopic (exact) mass is 404 g/mol. The molecular formula is C29H28N2. The summed E-state index contributed by atoms with van der Waals surface area (Å²) in [6.45, 7) is 13.2. The summed E-state index contributed by atoms with van der Waals surface area (Å²) in [6.07, 6.45) is 0. The van der Waals surface area contributed by atoms with Crippen LogP contribution in [0.5, 0.6) is 0 Å². The van der Waals surface area contributed by atoms with Gasteiger partial charge in [-0.1, -0.05) is 73.3 Å². The number of aryl methyl sites for hydroxylation is 2. The highest BCUT2D eigenvalue weighted by molar-refractivity contribution is 6.08. The number of nitrogens with zero attached hydrogens (tertiary/aromatic N) is 2. The van der Waals surface area contributed by atoms with Gasteiger partial charge in [-0.05, 0) is 44.0 Å². The number of fused-ring (bicyclic) bond motifs is 2. The van der Waals surface area contributed by atoms with E-state index in [1.165, 1.54) is 49.9 Å². The Hall–Kier alpha value is -3.52. The Morgan fingerprint density at radius 1 is 0.677 bits per heavy atom. The summed E-state index contributed by atoms with van der Waals surface area (Å²) >= 11 is 0. The van der Waals surface area contributed by atoms with Crippen LogP contribution in [0.1, 0.15) is 30.7 Å². The maximum atomic E-state index is 4.71. The number of rotatable bonds is 5. The molecule has 31 heavy (non-hydrogen) atoms. The first-order chi connectivity index (χ1) is 15.2. The second-order valence-electron chi connectivity index (χ2n) is 8.05. The minimum Gasteiger partial charge on any atom is -0.345 e. The van der Waals surface area contributed by atoms with E-state index in [1.54, 1.807) is 0 Å². The van der Waals surface area contributed by atoms with Crippen LogP contribution in [0.3, 0.4) is 0 Å². The van der Waals surface area contributed by atoms with Crippen LogP contribution in [-0.2, 0) is 13.1 Å². The van der Waals surface area contributed by atoms with Crippen molar-refractivity contribution in [2.45, 2.75) is 33.9 Å². The van der Waals surface area contributed by atoms with E-state index >= 15 is 0 Å². The molecule has 0 saturated carbocycles. The average Bonchev–Trinajstić information content (AvgIpc) is 3.30. The summed E-state index contributed by atoms with van der Waals surface area (Å²) < 4.78 is 4.83. The third-order valence-corrected chi connectivity index (χ3v) is 6.49. The second kappa shape index (κ2) is 7.63. The Morgan fingerprint density at radius 2 is 1.19 bits per heavy atom. The second-order valence-corrected chi connectivity index (χ2v) is 8.05. The van der Waals surface area contributed by atoms with Crippen molar-refractivity contribution in [1.29, 1.82) is 0 Å². The van der Waals surface area contributed by atoms with Crippen molar-refractivity contribution in [3.63, 3.8) is 0 Å². The summed E-state index contributed by atoms with van der Waals surface area (Å²) in [5, 5.41) is 2.54. The summed E-state index contributed by atoms with van der Waals surface area (Å²) in [5.41, 5.74) is 9.90.